The quantitative estimate of drug-likeness (QED) is 0.765. The van der Waals surface area contributed by atoms with E-state index in [1.807, 2.05) is 20.8 Å². The number of carbonyl (C=O) groups is 1. The molecule has 0 aromatic carbocycles. The summed E-state index contributed by atoms with van der Waals surface area (Å²) in [7, 11) is 1.66. The number of halogens is 1. The molecular weight excluding hydrogens is 354 g/mol. The first kappa shape index (κ1) is 16.5. The number of ether oxygens (including phenoxy) is 2. The van der Waals surface area contributed by atoms with Gasteiger partial charge < -0.3 is 14.4 Å². The third-order valence-electron chi connectivity index (χ3n) is 2.64. The summed E-state index contributed by atoms with van der Waals surface area (Å²) in [5.41, 5.74) is 0.0389. The van der Waals surface area contributed by atoms with Gasteiger partial charge in [-0.15, -0.1) is 10.2 Å². The van der Waals surface area contributed by atoms with Gasteiger partial charge in [0.2, 0.25) is 5.65 Å². The van der Waals surface area contributed by atoms with Gasteiger partial charge in [0.15, 0.2) is 10.5 Å². The van der Waals surface area contributed by atoms with Gasteiger partial charge in [-0.2, -0.15) is 0 Å². The van der Waals surface area contributed by atoms with E-state index in [4.69, 9.17) is 9.47 Å². The lowest BCUT2D eigenvalue weighted by Crippen LogP contribution is -2.36. The molecule has 120 valence electrons. The Bertz CT molecular complexity index is 667. The van der Waals surface area contributed by atoms with Crippen LogP contribution in [0, 0.1) is 0 Å². The monoisotopic (exact) mass is 371 g/mol. The number of amides is 1. The second-order valence-electron chi connectivity index (χ2n) is 5.67. The van der Waals surface area contributed by atoms with Gasteiger partial charge in [0.25, 0.3) is 0 Å². The van der Waals surface area contributed by atoms with Gasteiger partial charge in [-0.05, 0) is 36.7 Å². The maximum absolute atomic E-state index is 11.8. The highest BCUT2D eigenvalue weighted by Gasteiger charge is 2.19. The number of aromatic nitrogens is 4. The molecule has 1 amide bonds. The number of hydrogen-bond acceptors (Lipinski definition) is 6. The van der Waals surface area contributed by atoms with E-state index in [1.165, 1.54) is 11.2 Å². The molecule has 0 atom stereocenters. The Morgan fingerprint density at radius 2 is 2.18 bits per heavy atom. The van der Waals surface area contributed by atoms with Crippen molar-refractivity contribution in [2.45, 2.75) is 26.4 Å². The summed E-state index contributed by atoms with van der Waals surface area (Å²) < 4.78 is 13.1. The number of hydrogen-bond donors (Lipinski definition) is 0. The molecule has 0 aliphatic heterocycles. The molecule has 0 N–H and O–H groups in total. The van der Waals surface area contributed by atoms with Crippen LogP contribution in [-0.2, 0) is 4.74 Å². The van der Waals surface area contributed by atoms with Gasteiger partial charge in [-0.25, -0.2) is 9.78 Å². The lowest BCUT2D eigenvalue weighted by atomic mass is 10.2. The van der Waals surface area contributed by atoms with Gasteiger partial charge in [0, 0.05) is 7.05 Å². The maximum atomic E-state index is 11.8. The molecule has 8 nitrogen and oxygen atoms in total. The molecule has 22 heavy (non-hydrogen) atoms. The number of likely N-dealkylation sites (N-methyl/N-ethyl adjacent to an activating group) is 1. The first-order valence-electron chi connectivity index (χ1n) is 6.69. The Morgan fingerprint density at radius 3 is 2.86 bits per heavy atom. The zero-order valence-electron chi connectivity index (χ0n) is 12.9. The van der Waals surface area contributed by atoms with Crippen molar-refractivity contribution >= 4 is 27.7 Å². The van der Waals surface area contributed by atoms with Crippen LogP contribution in [-0.4, -0.2) is 56.4 Å². The van der Waals surface area contributed by atoms with Crippen LogP contribution in [0.3, 0.4) is 0 Å². The molecule has 2 rings (SSSR count). The molecule has 0 aliphatic rings. The Labute approximate surface area is 136 Å². The largest absolute Gasteiger partial charge is 0.486 e. The lowest BCUT2D eigenvalue weighted by Gasteiger charge is -2.24. The summed E-state index contributed by atoms with van der Waals surface area (Å²) >= 11 is 3.30. The Balaban J connectivity index is 1.92. The van der Waals surface area contributed by atoms with Crippen molar-refractivity contribution < 1.29 is 14.3 Å². The molecule has 0 unspecified atom stereocenters. The zero-order chi connectivity index (χ0) is 16.3. The van der Waals surface area contributed by atoms with E-state index in [1.54, 1.807) is 17.6 Å². The second-order valence-corrected chi connectivity index (χ2v) is 6.38. The van der Waals surface area contributed by atoms with Gasteiger partial charge >= 0.3 is 6.09 Å². The normalized spacial score (nSPS) is 11.5. The van der Waals surface area contributed by atoms with Crippen molar-refractivity contribution in [2.24, 2.45) is 0 Å². The van der Waals surface area contributed by atoms with Crippen LogP contribution < -0.4 is 4.74 Å². The van der Waals surface area contributed by atoms with Crippen LogP contribution in [0.2, 0.25) is 0 Å². The van der Waals surface area contributed by atoms with E-state index in [0.29, 0.717) is 29.3 Å². The average Bonchev–Trinajstić information content (AvgIpc) is 2.89. The predicted octanol–water partition coefficient (Wildman–Crippen LogP) is 2.13. The van der Waals surface area contributed by atoms with Gasteiger partial charge in [0.1, 0.15) is 18.5 Å². The topological polar surface area (TPSA) is 81.9 Å². The predicted molar refractivity (Wildman–Crippen MR) is 82.8 cm³/mol. The van der Waals surface area contributed by atoms with Crippen LogP contribution in [0.4, 0.5) is 4.79 Å². The summed E-state index contributed by atoms with van der Waals surface area (Å²) in [6.45, 7) is 6.15. The van der Waals surface area contributed by atoms with Crippen LogP contribution in [0.25, 0.3) is 5.65 Å². The van der Waals surface area contributed by atoms with Gasteiger partial charge in [0.05, 0.1) is 12.7 Å². The van der Waals surface area contributed by atoms with E-state index in [0.717, 1.165) is 0 Å². The van der Waals surface area contributed by atoms with Crippen molar-refractivity contribution in [3.05, 3.63) is 17.3 Å². The minimum absolute atomic E-state index is 0.293. The Hall–Kier alpha value is -1.90. The third-order valence-corrected chi connectivity index (χ3v) is 3.23. The summed E-state index contributed by atoms with van der Waals surface area (Å²) in [6, 6.07) is 0. The molecule has 2 aromatic heterocycles. The molecule has 9 heteroatoms. The average molecular weight is 372 g/mol. The minimum atomic E-state index is -0.518. The molecule has 0 saturated carbocycles. The third kappa shape index (κ3) is 4.06. The lowest BCUT2D eigenvalue weighted by molar-refractivity contribution is 0.0278. The minimum Gasteiger partial charge on any atom is -0.486 e. The van der Waals surface area contributed by atoms with Crippen molar-refractivity contribution in [2.75, 3.05) is 20.2 Å². The van der Waals surface area contributed by atoms with Crippen molar-refractivity contribution in [3.63, 3.8) is 0 Å². The molecule has 0 radical (unpaired) electrons. The number of nitrogens with zero attached hydrogens (tertiary/aromatic N) is 5. The van der Waals surface area contributed by atoms with Crippen molar-refractivity contribution in [1.82, 2.24) is 24.5 Å². The van der Waals surface area contributed by atoms with E-state index >= 15 is 0 Å². The van der Waals surface area contributed by atoms with Crippen molar-refractivity contribution in [3.8, 4) is 5.75 Å². The maximum Gasteiger partial charge on any atom is 0.410 e. The smallest absolute Gasteiger partial charge is 0.410 e. The number of fused-ring (bicyclic) bond motifs is 1. The molecule has 0 bridgehead atoms. The highest BCUT2D eigenvalue weighted by Crippen LogP contribution is 2.19. The SMILES string of the molecule is CN(CCOc1cnc(Br)n2cnnc12)C(=O)OC(C)(C)C. The zero-order valence-corrected chi connectivity index (χ0v) is 14.5. The van der Waals surface area contributed by atoms with E-state index in [2.05, 4.69) is 31.1 Å². The van der Waals surface area contributed by atoms with Gasteiger partial charge in [-0.3, -0.25) is 4.40 Å². The van der Waals surface area contributed by atoms with Crippen LogP contribution in [0.5, 0.6) is 5.75 Å². The molecule has 2 aromatic rings. The summed E-state index contributed by atoms with van der Waals surface area (Å²) in [5, 5.41) is 7.79. The summed E-state index contributed by atoms with van der Waals surface area (Å²) in [4.78, 5) is 17.4. The van der Waals surface area contributed by atoms with E-state index < -0.39 is 11.7 Å². The molecule has 0 saturated heterocycles. The van der Waals surface area contributed by atoms with Crippen LogP contribution in [0.1, 0.15) is 20.8 Å². The fourth-order valence-electron chi connectivity index (χ4n) is 1.60. The molecular formula is C13H18BrN5O3. The number of carbonyl (C=O) groups excluding carboxylic acids is 1. The van der Waals surface area contributed by atoms with E-state index in [-0.39, 0.29) is 0 Å². The Kier molecular flexibility index (Phi) is 4.84. The first-order chi connectivity index (χ1) is 10.3. The Morgan fingerprint density at radius 1 is 1.45 bits per heavy atom. The van der Waals surface area contributed by atoms with E-state index in [9.17, 15) is 4.79 Å². The molecule has 0 fully saturated rings. The fourth-order valence-corrected chi connectivity index (χ4v) is 1.96. The highest BCUT2D eigenvalue weighted by atomic mass is 79.9. The summed E-state index contributed by atoms with van der Waals surface area (Å²) in [6.07, 6.45) is 2.70. The fraction of sp³-hybridized carbons (Fsp3) is 0.538. The number of rotatable bonds is 4. The van der Waals surface area contributed by atoms with Crippen LogP contribution >= 0.6 is 15.9 Å². The second kappa shape index (κ2) is 6.47. The van der Waals surface area contributed by atoms with Crippen LogP contribution in [0.15, 0.2) is 17.3 Å². The molecule has 2 heterocycles. The van der Waals surface area contributed by atoms with Crippen molar-refractivity contribution in [1.29, 1.82) is 0 Å². The standard InChI is InChI=1S/C13H18BrN5O3/c1-13(2,3)22-12(20)18(4)5-6-21-9-7-15-11(14)19-8-16-17-10(9)19/h7-8H,5-6H2,1-4H3. The summed E-state index contributed by atoms with van der Waals surface area (Å²) in [5.74, 6) is 0.498. The first-order valence-corrected chi connectivity index (χ1v) is 7.48. The molecule has 0 aliphatic carbocycles. The highest BCUT2D eigenvalue weighted by molar-refractivity contribution is 9.10. The molecule has 0 spiro atoms. The van der Waals surface area contributed by atoms with Gasteiger partial charge in [-0.1, -0.05) is 0 Å².